The van der Waals surface area contributed by atoms with Gasteiger partial charge in [-0.2, -0.15) is 0 Å². The average Bonchev–Trinajstić information content (AvgIpc) is 2.91. The van der Waals surface area contributed by atoms with E-state index in [0.29, 0.717) is 5.92 Å². The van der Waals surface area contributed by atoms with Crippen molar-refractivity contribution in [3.8, 4) is 0 Å². The van der Waals surface area contributed by atoms with Gasteiger partial charge in [-0.25, -0.2) is 0 Å². The molecule has 1 aromatic carbocycles. The molecular weight excluding hydrogens is 167 g/mol. The van der Waals surface area contributed by atoms with Crippen LogP contribution in [-0.2, 0) is 0 Å². The highest BCUT2D eigenvalue weighted by Gasteiger charge is 2.24. The van der Waals surface area contributed by atoms with Gasteiger partial charge < -0.3 is 0 Å². The fraction of sp³-hybridized carbons (Fsp3) is 0.538. The molecule has 0 spiro atoms. The zero-order valence-electron chi connectivity index (χ0n) is 9.72. The molecule has 0 radical (unpaired) electrons. The standard InChI is InChI=1S/C13H19B/c1-8(2)12-6-11(10-4-5-10)7-13(14)9(12)3/h6-8,10H,4-5,14H2,1-3H3. The van der Waals surface area contributed by atoms with Gasteiger partial charge in [0.2, 0.25) is 0 Å². The molecule has 0 aromatic heterocycles. The van der Waals surface area contributed by atoms with Crippen LogP contribution >= 0.6 is 0 Å². The Kier molecular flexibility index (Phi) is 2.42. The topological polar surface area (TPSA) is 0 Å². The summed E-state index contributed by atoms with van der Waals surface area (Å²) in [5.41, 5.74) is 6.09. The van der Waals surface area contributed by atoms with Gasteiger partial charge in [-0.3, -0.25) is 0 Å². The first-order valence-electron chi connectivity index (χ1n) is 5.70. The number of hydrogen-bond acceptors (Lipinski definition) is 0. The van der Waals surface area contributed by atoms with E-state index in [9.17, 15) is 0 Å². The van der Waals surface area contributed by atoms with Gasteiger partial charge in [0.15, 0.2) is 0 Å². The Hall–Kier alpha value is -0.715. The number of rotatable bonds is 2. The molecule has 1 aromatic rings. The smallest absolute Gasteiger partial charge is 0.0855 e. The maximum atomic E-state index is 2.44. The fourth-order valence-corrected chi connectivity index (χ4v) is 2.17. The SMILES string of the molecule is Bc1cc(C2CC2)cc(C(C)C)c1C. The molecule has 1 heteroatoms. The van der Waals surface area contributed by atoms with Gasteiger partial charge in [-0.1, -0.05) is 37.0 Å². The molecular formula is C13H19B. The van der Waals surface area contributed by atoms with Crippen molar-refractivity contribution in [3.05, 3.63) is 28.8 Å². The molecule has 0 nitrogen and oxygen atoms in total. The van der Waals surface area contributed by atoms with Crippen LogP contribution in [0.4, 0.5) is 0 Å². The Balaban J connectivity index is 2.46. The third kappa shape index (κ3) is 1.73. The minimum atomic E-state index is 0.660. The quantitative estimate of drug-likeness (QED) is 0.621. The normalized spacial score (nSPS) is 16.3. The van der Waals surface area contributed by atoms with Crippen molar-refractivity contribution in [2.75, 3.05) is 0 Å². The summed E-state index contributed by atoms with van der Waals surface area (Å²) in [5.74, 6) is 1.54. The summed E-state index contributed by atoms with van der Waals surface area (Å²) in [4.78, 5) is 0. The van der Waals surface area contributed by atoms with Crippen LogP contribution in [0.3, 0.4) is 0 Å². The average molecular weight is 186 g/mol. The predicted molar refractivity (Wildman–Crippen MR) is 65.4 cm³/mol. The first-order chi connectivity index (χ1) is 6.59. The summed E-state index contributed by atoms with van der Waals surface area (Å²) in [7, 11) is 2.24. The number of benzene rings is 1. The molecule has 0 unspecified atom stereocenters. The second-order valence-corrected chi connectivity index (χ2v) is 4.98. The van der Waals surface area contributed by atoms with Crippen molar-refractivity contribution in [2.24, 2.45) is 0 Å². The van der Waals surface area contributed by atoms with E-state index in [1.165, 1.54) is 23.9 Å². The largest absolute Gasteiger partial charge is 0.139 e. The lowest BCUT2D eigenvalue weighted by atomic mass is 9.83. The van der Waals surface area contributed by atoms with E-state index in [0.717, 1.165) is 5.92 Å². The Bertz CT molecular complexity index is 348. The fourth-order valence-electron chi connectivity index (χ4n) is 2.17. The molecule has 0 aliphatic heterocycles. The van der Waals surface area contributed by atoms with E-state index < -0.39 is 0 Å². The molecule has 1 saturated carbocycles. The van der Waals surface area contributed by atoms with Crippen molar-refractivity contribution in [1.29, 1.82) is 0 Å². The summed E-state index contributed by atoms with van der Waals surface area (Å²) in [5, 5.41) is 0. The van der Waals surface area contributed by atoms with Gasteiger partial charge >= 0.3 is 0 Å². The molecule has 0 heterocycles. The predicted octanol–water partition coefficient (Wildman–Crippen LogP) is 2.25. The van der Waals surface area contributed by atoms with Gasteiger partial charge in [0.05, 0.1) is 0 Å². The Morgan fingerprint density at radius 1 is 1.29 bits per heavy atom. The van der Waals surface area contributed by atoms with Crippen LogP contribution < -0.4 is 5.46 Å². The lowest BCUT2D eigenvalue weighted by molar-refractivity contribution is 0.853. The van der Waals surface area contributed by atoms with Crippen LogP contribution in [0, 0.1) is 6.92 Å². The molecule has 0 N–H and O–H groups in total. The van der Waals surface area contributed by atoms with Crippen LogP contribution in [0.2, 0.25) is 0 Å². The van der Waals surface area contributed by atoms with Crippen LogP contribution in [0.5, 0.6) is 0 Å². The Morgan fingerprint density at radius 3 is 2.43 bits per heavy atom. The highest BCUT2D eigenvalue weighted by molar-refractivity contribution is 6.33. The summed E-state index contributed by atoms with van der Waals surface area (Å²) in [6.07, 6.45) is 2.81. The van der Waals surface area contributed by atoms with Crippen molar-refractivity contribution in [2.45, 2.75) is 45.4 Å². The molecule has 0 saturated heterocycles. The zero-order valence-corrected chi connectivity index (χ0v) is 9.72. The molecule has 0 atom stereocenters. The summed E-state index contributed by atoms with van der Waals surface area (Å²) in [6, 6.07) is 4.82. The van der Waals surface area contributed by atoms with E-state index in [2.05, 4.69) is 40.8 Å². The monoisotopic (exact) mass is 186 g/mol. The van der Waals surface area contributed by atoms with E-state index in [-0.39, 0.29) is 0 Å². The lowest BCUT2D eigenvalue weighted by Crippen LogP contribution is -2.12. The number of hydrogen-bond donors (Lipinski definition) is 0. The third-order valence-electron chi connectivity index (χ3n) is 3.40. The van der Waals surface area contributed by atoms with E-state index >= 15 is 0 Å². The summed E-state index contributed by atoms with van der Waals surface area (Å²) >= 11 is 0. The van der Waals surface area contributed by atoms with E-state index in [1.807, 2.05) is 0 Å². The van der Waals surface area contributed by atoms with Crippen molar-refractivity contribution < 1.29 is 0 Å². The van der Waals surface area contributed by atoms with E-state index in [4.69, 9.17) is 0 Å². The zero-order chi connectivity index (χ0) is 10.3. The van der Waals surface area contributed by atoms with Crippen LogP contribution in [-0.4, -0.2) is 7.85 Å². The molecule has 2 rings (SSSR count). The molecule has 0 bridgehead atoms. The molecule has 1 aliphatic carbocycles. The highest BCUT2D eigenvalue weighted by atomic mass is 14.3. The van der Waals surface area contributed by atoms with E-state index in [1.54, 1.807) is 11.1 Å². The van der Waals surface area contributed by atoms with Gasteiger partial charge in [-0.05, 0) is 42.7 Å². The second-order valence-electron chi connectivity index (χ2n) is 4.98. The molecule has 1 fully saturated rings. The van der Waals surface area contributed by atoms with Crippen LogP contribution in [0.25, 0.3) is 0 Å². The van der Waals surface area contributed by atoms with Crippen molar-refractivity contribution in [1.82, 2.24) is 0 Å². The maximum absolute atomic E-state index is 2.44. The van der Waals surface area contributed by atoms with Gasteiger partial charge in [0, 0.05) is 0 Å². The first-order valence-corrected chi connectivity index (χ1v) is 5.70. The molecule has 1 aliphatic rings. The maximum Gasteiger partial charge on any atom is 0.139 e. The Morgan fingerprint density at radius 2 is 1.93 bits per heavy atom. The lowest BCUT2D eigenvalue weighted by Gasteiger charge is -2.14. The minimum Gasteiger partial charge on any atom is -0.0855 e. The molecule has 0 amide bonds. The molecule has 74 valence electrons. The third-order valence-corrected chi connectivity index (χ3v) is 3.40. The van der Waals surface area contributed by atoms with Gasteiger partial charge in [-0.15, -0.1) is 0 Å². The second kappa shape index (κ2) is 3.45. The van der Waals surface area contributed by atoms with Gasteiger partial charge in [0.1, 0.15) is 7.85 Å². The molecule has 14 heavy (non-hydrogen) atoms. The summed E-state index contributed by atoms with van der Waals surface area (Å²) in [6.45, 7) is 6.83. The Labute approximate surface area is 88.1 Å². The van der Waals surface area contributed by atoms with Crippen LogP contribution in [0.15, 0.2) is 12.1 Å². The van der Waals surface area contributed by atoms with Gasteiger partial charge in [0.25, 0.3) is 0 Å². The first kappa shape index (κ1) is 9.83. The minimum absolute atomic E-state index is 0.660. The highest BCUT2D eigenvalue weighted by Crippen LogP contribution is 2.40. The summed E-state index contributed by atoms with van der Waals surface area (Å²) < 4.78 is 0. The van der Waals surface area contributed by atoms with Crippen molar-refractivity contribution in [3.63, 3.8) is 0 Å². The van der Waals surface area contributed by atoms with Crippen LogP contribution in [0.1, 0.15) is 55.2 Å². The van der Waals surface area contributed by atoms with Crippen molar-refractivity contribution >= 4 is 13.3 Å².